The van der Waals surface area contributed by atoms with Gasteiger partial charge < -0.3 is 14.3 Å². The zero-order chi connectivity index (χ0) is 17.2. The van der Waals surface area contributed by atoms with Gasteiger partial charge in [0.05, 0.1) is 16.6 Å². The monoisotopic (exact) mass is 336 g/mol. The third kappa shape index (κ3) is 3.13. The van der Waals surface area contributed by atoms with Gasteiger partial charge in [0, 0.05) is 25.2 Å². The smallest absolute Gasteiger partial charge is 0.196 e. The number of imidazole rings is 1. The standard InChI is InChI=1S/C19H17FN4O/c20-14-4-6-16-17(11-14)23-19(22-16)13(12-21)10-15-5-7-18(25-15)24-8-2-1-3-9-24/h4-7,10-11H,1-3,8-9H2,(H,22,23)/b13-10-. The maximum absolute atomic E-state index is 13.3. The maximum atomic E-state index is 13.3. The maximum Gasteiger partial charge on any atom is 0.196 e. The predicted molar refractivity (Wildman–Crippen MR) is 94.3 cm³/mol. The van der Waals surface area contributed by atoms with Gasteiger partial charge in [0.25, 0.3) is 0 Å². The summed E-state index contributed by atoms with van der Waals surface area (Å²) in [6.45, 7) is 1.99. The van der Waals surface area contributed by atoms with E-state index in [9.17, 15) is 9.65 Å². The average Bonchev–Trinajstić information content (AvgIpc) is 3.26. The van der Waals surface area contributed by atoms with Crippen molar-refractivity contribution >= 4 is 28.6 Å². The van der Waals surface area contributed by atoms with Gasteiger partial charge in [0.15, 0.2) is 5.88 Å². The van der Waals surface area contributed by atoms with Crippen LogP contribution in [0.5, 0.6) is 0 Å². The predicted octanol–water partition coefficient (Wildman–Crippen LogP) is 4.35. The Kier molecular flexibility index (Phi) is 3.98. The highest BCUT2D eigenvalue weighted by Gasteiger charge is 2.15. The molecule has 1 N–H and O–H groups in total. The molecule has 0 unspecified atom stereocenters. The molecule has 1 aromatic carbocycles. The summed E-state index contributed by atoms with van der Waals surface area (Å²) < 4.78 is 19.2. The van der Waals surface area contributed by atoms with Crippen molar-refractivity contribution in [2.45, 2.75) is 19.3 Å². The Morgan fingerprint density at radius 3 is 2.88 bits per heavy atom. The molecule has 0 aliphatic carbocycles. The molecule has 3 aromatic rings. The number of nitrogens with one attached hydrogen (secondary N) is 1. The molecule has 1 aliphatic heterocycles. The Morgan fingerprint density at radius 2 is 2.08 bits per heavy atom. The summed E-state index contributed by atoms with van der Waals surface area (Å²) in [6, 6.07) is 10.2. The number of nitriles is 1. The number of H-pyrrole nitrogens is 1. The molecule has 25 heavy (non-hydrogen) atoms. The molecule has 3 heterocycles. The molecular weight excluding hydrogens is 319 g/mol. The first kappa shape index (κ1) is 15.5. The molecule has 5 nitrogen and oxygen atoms in total. The highest BCUT2D eigenvalue weighted by Crippen LogP contribution is 2.25. The average molecular weight is 336 g/mol. The number of anilines is 1. The molecule has 0 amide bonds. The normalized spacial score (nSPS) is 15.5. The molecule has 1 saturated heterocycles. The fourth-order valence-corrected chi connectivity index (χ4v) is 3.11. The van der Waals surface area contributed by atoms with Crippen LogP contribution in [-0.2, 0) is 0 Å². The number of rotatable bonds is 3. The minimum atomic E-state index is -0.345. The second-order valence-corrected chi connectivity index (χ2v) is 6.14. The zero-order valence-electron chi connectivity index (χ0n) is 13.6. The number of fused-ring (bicyclic) bond motifs is 1. The molecule has 2 aromatic heterocycles. The van der Waals surface area contributed by atoms with Crippen LogP contribution < -0.4 is 4.90 Å². The van der Waals surface area contributed by atoms with Gasteiger partial charge in [-0.15, -0.1) is 0 Å². The Labute approximate surface area is 144 Å². The first-order valence-electron chi connectivity index (χ1n) is 8.35. The number of nitrogens with zero attached hydrogens (tertiary/aromatic N) is 3. The Balaban J connectivity index is 1.63. The summed E-state index contributed by atoms with van der Waals surface area (Å²) >= 11 is 0. The van der Waals surface area contributed by atoms with Crippen LogP contribution in [0.15, 0.2) is 34.7 Å². The number of piperidine rings is 1. The first-order valence-corrected chi connectivity index (χ1v) is 8.35. The number of aromatic nitrogens is 2. The van der Waals surface area contributed by atoms with E-state index in [1.807, 2.05) is 12.1 Å². The summed E-state index contributed by atoms with van der Waals surface area (Å²) in [5, 5.41) is 9.47. The van der Waals surface area contributed by atoms with E-state index in [0.29, 0.717) is 28.2 Å². The molecule has 126 valence electrons. The van der Waals surface area contributed by atoms with Crippen molar-refractivity contribution in [3.63, 3.8) is 0 Å². The number of benzene rings is 1. The van der Waals surface area contributed by atoms with Gasteiger partial charge >= 0.3 is 0 Å². The quantitative estimate of drug-likeness (QED) is 0.722. The summed E-state index contributed by atoms with van der Waals surface area (Å²) in [7, 11) is 0. The number of allylic oxidation sites excluding steroid dienone is 1. The number of hydrogen-bond acceptors (Lipinski definition) is 4. The van der Waals surface area contributed by atoms with Crippen molar-refractivity contribution in [1.29, 1.82) is 5.26 Å². The topological polar surface area (TPSA) is 68.8 Å². The zero-order valence-corrected chi connectivity index (χ0v) is 13.6. The summed E-state index contributed by atoms with van der Waals surface area (Å²) in [5.74, 6) is 1.49. The molecule has 0 bridgehead atoms. The lowest BCUT2D eigenvalue weighted by Gasteiger charge is -2.25. The van der Waals surface area contributed by atoms with Crippen LogP contribution in [0, 0.1) is 17.1 Å². The molecule has 6 heteroatoms. The number of aromatic amines is 1. The van der Waals surface area contributed by atoms with Crippen molar-refractivity contribution < 1.29 is 8.81 Å². The number of furan rings is 1. The van der Waals surface area contributed by atoms with E-state index in [4.69, 9.17) is 4.42 Å². The molecule has 0 spiro atoms. The van der Waals surface area contributed by atoms with Gasteiger partial charge in [-0.05, 0) is 43.5 Å². The van der Waals surface area contributed by atoms with Crippen LogP contribution in [0.3, 0.4) is 0 Å². The van der Waals surface area contributed by atoms with E-state index in [1.54, 1.807) is 12.1 Å². The van der Waals surface area contributed by atoms with Gasteiger partial charge in [-0.25, -0.2) is 9.37 Å². The van der Waals surface area contributed by atoms with Crippen LogP contribution in [0.1, 0.15) is 30.8 Å². The van der Waals surface area contributed by atoms with Crippen LogP contribution in [0.2, 0.25) is 0 Å². The molecular formula is C19H17FN4O. The SMILES string of the molecule is N#C/C(=C/c1ccc(N2CCCCC2)o1)c1nc2ccc(F)cc2[nH]1. The van der Waals surface area contributed by atoms with Gasteiger partial charge in [-0.2, -0.15) is 5.26 Å². The molecule has 4 rings (SSSR count). The minimum Gasteiger partial charge on any atom is -0.441 e. The number of halogens is 1. The Bertz CT molecular complexity index is 973. The van der Waals surface area contributed by atoms with E-state index in [1.165, 1.54) is 31.4 Å². The van der Waals surface area contributed by atoms with E-state index in [2.05, 4.69) is 20.9 Å². The third-order valence-corrected chi connectivity index (χ3v) is 4.39. The van der Waals surface area contributed by atoms with E-state index in [0.717, 1.165) is 19.0 Å². The lowest BCUT2D eigenvalue weighted by molar-refractivity contribution is 0.496. The highest BCUT2D eigenvalue weighted by atomic mass is 19.1. The van der Waals surface area contributed by atoms with Crippen molar-refractivity contribution in [3.8, 4) is 6.07 Å². The fourth-order valence-electron chi connectivity index (χ4n) is 3.11. The first-order chi connectivity index (χ1) is 12.2. The number of hydrogen-bond donors (Lipinski definition) is 1. The second kappa shape index (κ2) is 6.44. The molecule has 0 atom stereocenters. The molecule has 1 aliphatic rings. The highest BCUT2D eigenvalue weighted by molar-refractivity contribution is 5.89. The summed E-state index contributed by atoms with van der Waals surface area (Å²) in [6.07, 6.45) is 5.26. The van der Waals surface area contributed by atoms with E-state index < -0.39 is 0 Å². The van der Waals surface area contributed by atoms with Gasteiger partial charge in [0.1, 0.15) is 23.5 Å². The van der Waals surface area contributed by atoms with Crippen LogP contribution in [0.4, 0.5) is 10.3 Å². The lowest BCUT2D eigenvalue weighted by Crippen LogP contribution is -2.28. The van der Waals surface area contributed by atoms with Crippen molar-refractivity contribution in [2.75, 3.05) is 18.0 Å². The van der Waals surface area contributed by atoms with Crippen molar-refractivity contribution in [2.24, 2.45) is 0 Å². The van der Waals surface area contributed by atoms with E-state index in [-0.39, 0.29) is 5.82 Å². The van der Waals surface area contributed by atoms with Crippen molar-refractivity contribution in [3.05, 3.63) is 47.7 Å². The van der Waals surface area contributed by atoms with Gasteiger partial charge in [-0.1, -0.05) is 0 Å². The van der Waals surface area contributed by atoms with E-state index >= 15 is 0 Å². The molecule has 0 saturated carbocycles. The summed E-state index contributed by atoms with van der Waals surface area (Å²) in [4.78, 5) is 9.56. The Morgan fingerprint density at radius 1 is 1.24 bits per heavy atom. The van der Waals surface area contributed by atoms with Gasteiger partial charge in [-0.3, -0.25) is 0 Å². The summed E-state index contributed by atoms with van der Waals surface area (Å²) in [5.41, 5.74) is 1.52. The van der Waals surface area contributed by atoms with Gasteiger partial charge in [0.2, 0.25) is 0 Å². The lowest BCUT2D eigenvalue weighted by atomic mass is 10.1. The molecule has 0 radical (unpaired) electrons. The largest absolute Gasteiger partial charge is 0.441 e. The second-order valence-electron chi connectivity index (χ2n) is 6.14. The third-order valence-electron chi connectivity index (χ3n) is 4.39. The molecule has 1 fully saturated rings. The van der Waals surface area contributed by atoms with Crippen molar-refractivity contribution in [1.82, 2.24) is 9.97 Å². The van der Waals surface area contributed by atoms with Crippen LogP contribution >= 0.6 is 0 Å². The van der Waals surface area contributed by atoms with Crippen LogP contribution in [0.25, 0.3) is 22.7 Å². The fraction of sp³-hybridized carbons (Fsp3) is 0.263. The Hall–Kier alpha value is -3.07. The van der Waals surface area contributed by atoms with Crippen LogP contribution in [-0.4, -0.2) is 23.1 Å². The minimum absolute atomic E-state index is 0.344.